The van der Waals surface area contributed by atoms with Crippen molar-refractivity contribution < 1.29 is 9.15 Å². The van der Waals surface area contributed by atoms with Gasteiger partial charge in [-0.25, -0.2) is 0 Å². The molecule has 1 heterocycles. The van der Waals surface area contributed by atoms with Gasteiger partial charge in [0.1, 0.15) is 11.5 Å². The molecule has 1 atom stereocenters. The lowest BCUT2D eigenvalue weighted by atomic mass is 10.0. The average molecular weight is 309 g/mol. The summed E-state index contributed by atoms with van der Waals surface area (Å²) in [6.45, 7) is 4.20. The Kier molecular flexibility index (Phi) is 5.67. The third-order valence-corrected chi connectivity index (χ3v) is 3.87. The summed E-state index contributed by atoms with van der Waals surface area (Å²) in [7, 11) is 1.61. The van der Waals surface area contributed by atoms with Crippen LogP contribution >= 0.6 is 11.6 Å². The molecule has 1 aromatic heterocycles. The highest BCUT2D eigenvalue weighted by Gasteiger charge is 2.20. The van der Waals surface area contributed by atoms with E-state index in [1.54, 1.807) is 13.4 Å². The highest BCUT2D eigenvalue weighted by molar-refractivity contribution is 6.32. The van der Waals surface area contributed by atoms with E-state index in [-0.39, 0.29) is 6.04 Å². The molecule has 4 nitrogen and oxygen atoms in total. The fraction of sp³-hybridized carbons (Fsp3) is 0.375. The van der Waals surface area contributed by atoms with Crippen molar-refractivity contribution in [3.63, 3.8) is 0 Å². The Morgan fingerprint density at radius 3 is 2.71 bits per heavy atom. The lowest BCUT2D eigenvalue weighted by Crippen LogP contribution is -2.33. The summed E-state index contributed by atoms with van der Waals surface area (Å²) < 4.78 is 10.6. The van der Waals surface area contributed by atoms with Crippen LogP contribution in [0.25, 0.3) is 0 Å². The molecule has 1 aromatic carbocycles. The van der Waals surface area contributed by atoms with Crippen LogP contribution in [0.1, 0.15) is 24.3 Å². The fourth-order valence-corrected chi connectivity index (χ4v) is 2.70. The van der Waals surface area contributed by atoms with E-state index in [1.165, 1.54) is 0 Å². The first-order valence-corrected chi connectivity index (χ1v) is 7.37. The van der Waals surface area contributed by atoms with E-state index in [2.05, 4.69) is 11.8 Å². The molecule has 1 unspecified atom stereocenters. The van der Waals surface area contributed by atoms with E-state index in [0.29, 0.717) is 17.3 Å². The van der Waals surface area contributed by atoms with E-state index >= 15 is 0 Å². The molecule has 0 saturated carbocycles. The van der Waals surface area contributed by atoms with Gasteiger partial charge < -0.3 is 14.9 Å². The largest absolute Gasteiger partial charge is 0.495 e. The highest BCUT2D eigenvalue weighted by Crippen LogP contribution is 2.30. The van der Waals surface area contributed by atoms with Crippen LogP contribution in [0.4, 0.5) is 0 Å². The number of rotatable bonds is 7. The van der Waals surface area contributed by atoms with E-state index in [4.69, 9.17) is 26.5 Å². The number of ether oxygens (including phenoxy) is 1. The SMILES string of the molecule is CCN(Cc1ccco1)C(CN)c1ccc(OC)c(Cl)c1. The molecule has 2 N–H and O–H groups in total. The zero-order valence-corrected chi connectivity index (χ0v) is 13.1. The number of nitrogens with two attached hydrogens (primary N) is 1. The number of methoxy groups -OCH3 is 1. The van der Waals surface area contributed by atoms with Gasteiger partial charge in [0.05, 0.1) is 24.9 Å². The van der Waals surface area contributed by atoms with Crippen molar-refractivity contribution in [2.45, 2.75) is 19.5 Å². The molecule has 114 valence electrons. The lowest BCUT2D eigenvalue weighted by molar-refractivity contribution is 0.188. The number of benzene rings is 1. The van der Waals surface area contributed by atoms with E-state index in [1.807, 2.05) is 30.3 Å². The molecule has 0 bridgehead atoms. The maximum absolute atomic E-state index is 6.22. The summed E-state index contributed by atoms with van der Waals surface area (Å²) in [5, 5.41) is 0.600. The van der Waals surface area contributed by atoms with Gasteiger partial charge in [0.2, 0.25) is 0 Å². The Balaban J connectivity index is 2.22. The fourth-order valence-electron chi connectivity index (χ4n) is 2.43. The first-order valence-electron chi connectivity index (χ1n) is 6.99. The van der Waals surface area contributed by atoms with Crippen molar-refractivity contribution in [3.8, 4) is 5.75 Å². The summed E-state index contributed by atoms with van der Waals surface area (Å²) in [4.78, 5) is 2.26. The van der Waals surface area contributed by atoms with Gasteiger partial charge in [-0.3, -0.25) is 4.90 Å². The average Bonchev–Trinajstić information content (AvgIpc) is 3.00. The van der Waals surface area contributed by atoms with Gasteiger partial charge in [-0.2, -0.15) is 0 Å². The number of hydrogen-bond acceptors (Lipinski definition) is 4. The Morgan fingerprint density at radius 1 is 1.38 bits per heavy atom. The molecule has 21 heavy (non-hydrogen) atoms. The summed E-state index contributed by atoms with van der Waals surface area (Å²) in [5.41, 5.74) is 7.06. The summed E-state index contributed by atoms with van der Waals surface area (Å²) in [6, 6.07) is 9.75. The van der Waals surface area contributed by atoms with Gasteiger partial charge in [0.25, 0.3) is 0 Å². The molecular weight excluding hydrogens is 288 g/mol. The van der Waals surface area contributed by atoms with Crippen LogP contribution in [0.2, 0.25) is 5.02 Å². The van der Waals surface area contributed by atoms with Crippen molar-refractivity contribution >= 4 is 11.6 Å². The van der Waals surface area contributed by atoms with Crippen molar-refractivity contribution in [2.24, 2.45) is 5.73 Å². The Bertz CT molecular complexity index is 557. The molecule has 0 aliphatic carbocycles. The molecule has 2 aromatic rings. The zero-order valence-electron chi connectivity index (χ0n) is 12.4. The minimum Gasteiger partial charge on any atom is -0.495 e. The number of furan rings is 1. The predicted octanol–water partition coefficient (Wildman–Crippen LogP) is 3.46. The van der Waals surface area contributed by atoms with Crippen LogP contribution in [-0.2, 0) is 6.54 Å². The van der Waals surface area contributed by atoms with Crippen LogP contribution in [0.3, 0.4) is 0 Å². The van der Waals surface area contributed by atoms with Crippen LogP contribution in [-0.4, -0.2) is 25.1 Å². The standard InChI is InChI=1S/C16H21ClN2O2/c1-3-19(11-13-5-4-8-21-13)15(10-18)12-6-7-16(20-2)14(17)9-12/h4-9,15H,3,10-11,18H2,1-2H3. The Morgan fingerprint density at radius 2 is 2.19 bits per heavy atom. The summed E-state index contributed by atoms with van der Waals surface area (Å²) in [5.74, 6) is 1.60. The molecule has 5 heteroatoms. The van der Waals surface area contributed by atoms with Gasteiger partial charge in [0, 0.05) is 12.6 Å². The van der Waals surface area contributed by atoms with Gasteiger partial charge in [-0.15, -0.1) is 0 Å². The van der Waals surface area contributed by atoms with Crippen LogP contribution in [0.15, 0.2) is 41.0 Å². The van der Waals surface area contributed by atoms with Crippen molar-refractivity contribution in [1.82, 2.24) is 4.90 Å². The van der Waals surface area contributed by atoms with E-state index < -0.39 is 0 Å². The minimum atomic E-state index is 0.0866. The zero-order chi connectivity index (χ0) is 15.2. The monoisotopic (exact) mass is 308 g/mol. The smallest absolute Gasteiger partial charge is 0.137 e. The second kappa shape index (κ2) is 7.50. The van der Waals surface area contributed by atoms with Gasteiger partial charge in [-0.05, 0) is 36.4 Å². The maximum Gasteiger partial charge on any atom is 0.137 e. The van der Waals surface area contributed by atoms with Gasteiger partial charge in [0.15, 0.2) is 0 Å². The Labute approximate surface area is 130 Å². The quantitative estimate of drug-likeness (QED) is 0.851. The number of halogens is 1. The third-order valence-electron chi connectivity index (χ3n) is 3.57. The first kappa shape index (κ1) is 15.9. The van der Waals surface area contributed by atoms with Gasteiger partial charge in [-0.1, -0.05) is 24.6 Å². The molecule has 0 amide bonds. The summed E-state index contributed by atoms with van der Waals surface area (Å²) in [6.07, 6.45) is 1.69. The normalized spacial score (nSPS) is 12.6. The topological polar surface area (TPSA) is 51.6 Å². The van der Waals surface area contributed by atoms with E-state index in [0.717, 1.165) is 24.4 Å². The van der Waals surface area contributed by atoms with Crippen molar-refractivity contribution in [2.75, 3.05) is 20.2 Å². The van der Waals surface area contributed by atoms with Crippen LogP contribution in [0.5, 0.6) is 5.75 Å². The third kappa shape index (κ3) is 3.79. The van der Waals surface area contributed by atoms with Gasteiger partial charge >= 0.3 is 0 Å². The molecule has 0 spiro atoms. The van der Waals surface area contributed by atoms with Crippen LogP contribution < -0.4 is 10.5 Å². The lowest BCUT2D eigenvalue weighted by Gasteiger charge is -2.29. The number of hydrogen-bond donors (Lipinski definition) is 1. The molecule has 0 fully saturated rings. The molecule has 0 aliphatic rings. The van der Waals surface area contributed by atoms with Crippen molar-refractivity contribution in [1.29, 1.82) is 0 Å². The minimum absolute atomic E-state index is 0.0866. The second-order valence-corrected chi connectivity index (χ2v) is 5.20. The summed E-state index contributed by atoms with van der Waals surface area (Å²) >= 11 is 6.22. The number of likely N-dealkylation sites (N-methyl/N-ethyl adjacent to an activating group) is 1. The molecular formula is C16H21ClN2O2. The highest BCUT2D eigenvalue weighted by atomic mass is 35.5. The molecule has 0 aliphatic heterocycles. The number of nitrogens with zero attached hydrogens (tertiary/aromatic N) is 1. The predicted molar refractivity (Wildman–Crippen MR) is 84.6 cm³/mol. The van der Waals surface area contributed by atoms with Crippen molar-refractivity contribution in [3.05, 3.63) is 52.9 Å². The molecule has 2 rings (SSSR count). The molecule has 0 radical (unpaired) electrons. The second-order valence-electron chi connectivity index (χ2n) is 4.79. The molecule has 0 saturated heterocycles. The Hall–Kier alpha value is -1.49. The van der Waals surface area contributed by atoms with Crippen LogP contribution in [0, 0.1) is 0 Å². The maximum atomic E-state index is 6.22. The van der Waals surface area contributed by atoms with E-state index in [9.17, 15) is 0 Å². The first-order chi connectivity index (χ1) is 10.2.